The summed E-state index contributed by atoms with van der Waals surface area (Å²) in [4.78, 5) is 15.2. The normalized spacial score (nSPS) is 10.9. The van der Waals surface area contributed by atoms with E-state index in [1.54, 1.807) is 24.3 Å². The molecule has 3 rings (SSSR count). The highest BCUT2D eigenvalue weighted by molar-refractivity contribution is 5.36. The van der Waals surface area contributed by atoms with Gasteiger partial charge in [-0.15, -0.1) is 0 Å². The lowest BCUT2D eigenvalue weighted by Gasteiger charge is -2.12. The summed E-state index contributed by atoms with van der Waals surface area (Å²) in [5, 5.41) is 6.37. The Kier molecular flexibility index (Phi) is 9.31. The number of rotatable bonds is 13. The Morgan fingerprint density at radius 1 is 0.758 bits per heavy atom. The summed E-state index contributed by atoms with van der Waals surface area (Å²) in [5.41, 5.74) is 2.02. The van der Waals surface area contributed by atoms with E-state index >= 15 is 0 Å². The van der Waals surface area contributed by atoms with Gasteiger partial charge in [-0.3, -0.25) is 0 Å². The van der Waals surface area contributed by atoms with Crippen molar-refractivity contribution in [1.82, 2.24) is 19.9 Å². The summed E-state index contributed by atoms with van der Waals surface area (Å²) in [6.07, 6.45) is 2.23. The van der Waals surface area contributed by atoms with Gasteiger partial charge in [0.25, 0.3) is 0 Å². The van der Waals surface area contributed by atoms with Crippen LogP contribution in [0.4, 0.5) is 20.7 Å². The molecule has 0 aliphatic heterocycles. The number of hydrogen-bond acceptors (Lipinski definition) is 7. The number of aromatic nitrogens is 3. The highest BCUT2D eigenvalue weighted by atomic mass is 19.1. The summed E-state index contributed by atoms with van der Waals surface area (Å²) < 4.78 is 31.9. The standard InChI is InChI=1S/C24H30F2N6O/c1-32(2)16-3-17-33-24-30-22(27-14-12-18-4-8-20(25)9-5-18)29-23(31-24)28-15-13-19-6-10-21(26)11-7-19/h4-11H,3,12-17H2,1-2H3,(H2,27,28,29,30,31). The molecule has 0 aliphatic rings. The second-order valence-corrected chi connectivity index (χ2v) is 7.88. The van der Waals surface area contributed by atoms with E-state index in [0.29, 0.717) is 44.4 Å². The molecule has 33 heavy (non-hydrogen) atoms. The average Bonchev–Trinajstić information content (AvgIpc) is 2.79. The maximum Gasteiger partial charge on any atom is 0.323 e. The molecule has 0 saturated heterocycles. The van der Waals surface area contributed by atoms with Crippen LogP contribution in [0.3, 0.4) is 0 Å². The van der Waals surface area contributed by atoms with Gasteiger partial charge in [-0.05, 0) is 68.8 Å². The molecule has 0 radical (unpaired) electrons. The van der Waals surface area contributed by atoms with E-state index in [4.69, 9.17) is 4.74 Å². The lowest BCUT2D eigenvalue weighted by Crippen LogP contribution is -2.17. The van der Waals surface area contributed by atoms with Gasteiger partial charge in [-0.1, -0.05) is 24.3 Å². The topological polar surface area (TPSA) is 75.2 Å². The van der Waals surface area contributed by atoms with Crippen molar-refractivity contribution in [3.05, 3.63) is 71.3 Å². The SMILES string of the molecule is CN(C)CCCOc1nc(NCCc2ccc(F)cc2)nc(NCCc2ccc(F)cc2)n1. The van der Waals surface area contributed by atoms with Crippen LogP contribution in [0.1, 0.15) is 17.5 Å². The van der Waals surface area contributed by atoms with Crippen LogP contribution in [-0.2, 0) is 12.8 Å². The zero-order valence-electron chi connectivity index (χ0n) is 19.0. The number of hydrogen-bond donors (Lipinski definition) is 2. The van der Waals surface area contributed by atoms with Crippen LogP contribution in [0.15, 0.2) is 48.5 Å². The monoisotopic (exact) mass is 456 g/mol. The minimum Gasteiger partial charge on any atom is -0.463 e. The van der Waals surface area contributed by atoms with Crippen LogP contribution in [0.5, 0.6) is 6.01 Å². The maximum absolute atomic E-state index is 13.1. The second kappa shape index (κ2) is 12.6. The summed E-state index contributed by atoms with van der Waals surface area (Å²) in [5.74, 6) is 0.297. The molecule has 2 N–H and O–H groups in total. The third-order valence-electron chi connectivity index (χ3n) is 4.82. The number of anilines is 2. The van der Waals surface area contributed by atoms with E-state index in [2.05, 4.69) is 30.5 Å². The fourth-order valence-electron chi connectivity index (χ4n) is 3.06. The predicted molar refractivity (Wildman–Crippen MR) is 126 cm³/mol. The molecule has 0 fully saturated rings. The third kappa shape index (κ3) is 8.97. The van der Waals surface area contributed by atoms with E-state index in [1.165, 1.54) is 24.3 Å². The molecule has 1 heterocycles. The first-order chi connectivity index (χ1) is 16.0. The van der Waals surface area contributed by atoms with Crippen molar-refractivity contribution in [3.8, 4) is 6.01 Å². The van der Waals surface area contributed by atoms with E-state index < -0.39 is 0 Å². The van der Waals surface area contributed by atoms with E-state index in [9.17, 15) is 8.78 Å². The molecule has 0 bridgehead atoms. The fourth-order valence-corrected chi connectivity index (χ4v) is 3.06. The number of nitrogens with zero attached hydrogens (tertiary/aromatic N) is 4. The van der Waals surface area contributed by atoms with Crippen LogP contribution >= 0.6 is 0 Å². The summed E-state index contributed by atoms with van der Waals surface area (Å²) in [7, 11) is 4.02. The van der Waals surface area contributed by atoms with Gasteiger partial charge in [0.2, 0.25) is 11.9 Å². The summed E-state index contributed by atoms with van der Waals surface area (Å²) in [6, 6.07) is 13.1. The third-order valence-corrected chi connectivity index (χ3v) is 4.82. The molecule has 0 atom stereocenters. The van der Waals surface area contributed by atoms with Crippen molar-refractivity contribution in [1.29, 1.82) is 0 Å². The maximum atomic E-state index is 13.1. The number of nitrogens with one attached hydrogen (secondary N) is 2. The molecule has 0 saturated carbocycles. The van der Waals surface area contributed by atoms with Crippen molar-refractivity contribution in [2.75, 3.05) is 51.0 Å². The first-order valence-corrected chi connectivity index (χ1v) is 11.0. The van der Waals surface area contributed by atoms with Crippen LogP contribution in [0.25, 0.3) is 0 Å². The quantitative estimate of drug-likeness (QED) is 0.379. The van der Waals surface area contributed by atoms with Crippen LogP contribution in [0.2, 0.25) is 0 Å². The molecule has 2 aromatic carbocycles. The fraction of sp³-hybridized carbons (Fsp3) is 0.375. The van der Waals surface area contributed by atoms with Gasteiger partial charge in [0.05, 0.1) is 6.61 Å². The molecule has 3 aromatic rings. The molecule has 1 aromatic heterocycles. The Balaban J connectivity index is 1.58. The first kappa shape index (κ1) is 24.3. The van der Waals surface area contributed by atoms with Crippen LogP contribution < -0.4 is 15.4 Å². The molecule has 9 heteroatoms. The Labute approximate surface area is 193 Å². The van der Waals surface area contributed by atoms with Crippen molar-refractivity contribution >= 4 is 11.9 Å². The van der Waals surface area contributed by atoms with Gasteiger partial charge >= 0.3 is 6.01 Å². The first-order valence-electron chi connectivity index (χ1n) is 11.0. The molecule has 0 aliphatic carbocycles. The Bertz CT molecular complexity index is 913. The molecule has 0 amide bonds. The van der Waals surface area contributed by atoms with Crippen LogP contribution in [0, 0.1) is 11.6 Å². The largest absolute Gasteiger partial charge is 0.463 e. The molecule has 0 spiro atoms. The van der Waals surface area contributed by atoms with Crippen molar-refractivity contribution in [3.63, 3.8) is 0 Å². The highest BCUT2D eigenvalue weighted by Crippen LogP contribution is 2.13. The lowest BCUT2D eigenvalue weighted by molar-refractivity contribution is 0.264. The zero-order valence-corrected chi connectivity index (χ0v) is 19.0. The summed E-state index contributed by atoms with van der Waals surface area (Å²) in [6.45, 7) is 2.54. The molecular formula is C24H30F2N6O. The number of benzene rings is 2. The Morgan fingerprint density at radius 2 is 1.24 bits per heavy atom. The molecule has 0 unspecified atom stereocenters. The Morgan fingerprint density at radius 3 is 1.70 bits per heavy atom. The lowest BCUT2D eigenvalue weighted by atomic mass is 10.1. The molecule has 176 valence electrons. The minimum absolute atomic E-state index is 0.248. The van der Waals surface area contributed by atoms with Gasteiger partial charge in [0.1, 0.15) is 11.6 Å². The van der Waals surface area contributed by atoms with Gasteiger partial charge in [-0.25, -0.2) is 8.78 Å². The van der Waals surface area contributed by atoms with E-state index in [1.807, 2.05) is 14.1 Å². The molecule has 7 nitrogen and oxygen atoms in total. The zero-order chi connectivity index (χ0) is 23.5. The number of halogens is 2. The van der Waals surface area contributed by atoms with Crippen molar-refractivity contribution in [2.45, 2.75) is 19.3 Å². The van der Waals surface area contributed by atoms with Crippen LogP contribution in [-0.4, -0.2) is 60.2 Å². The van der Waals surface area contributed by atoms with Gasteiger partial charge in [-0.2, -0.15) is 15.0 Å². The Hall–Kier alpha value is -3.33. The van der Waals surface area contributed by atoms with Gasteiger partial charge < -0.3 is 20.3 Å². The number of ether oxygens (including phenoxy) is 1. The minimum atomic E-state index is -0.253. The van der Waals surface area contributed by atoms with Crippen molar-refractivity contribution in [2.24, 2.45) is 0 Å². The summed E-state index contributed by atoms with van der Waals surface area (Å²) >= 11 is 0. The van der Waals surface area contributed by atoms with Crippen molar-refractivity contribution < 1.29 is 13.5 Å². The van der Waals surface area contributed by atoms with Gasteiger partial charge in [0, 0.05) is 19.6 Å². The second-order valence-electron chi connectivity index (χ2n) is 7.88. The average molecular weight is 457 g/mol. The van der Waals surface area contributed by atoms with E-state index in [0.717, 1.165) is 24.1 Å². The highest BCUT2D eigenvalue weighted by Gasteiger charge is 2.08. The van der Waals surface area contributed by atoms with E-state index in [-0.39, 0.29) is 17.6 Å². The molecular weight excluding hydrogens is 426 g/mol. The predicted octanol–water partition coefficient (Wildman–Crippen LogP) is 3.79. The smallest absolute Gasteiger partial charge is 0.323 e. The van der Waals surface area contributed by atoms with Gasteiger partial charge in [0.15, 0.2) is 0 Å².